The molecular formula is C10H9Cl2NO3. The molecule has 0 saturated carbocycles. The molecule has 0 heterocycles. The monoisotopic (exact) mass is 261 g/mol. The Hall–Kier alpha value is -1.26. The van der Waals surface area contributed by atoms with Crippen LogP contribution < -0.4 is 5.32 Å². The van der Waals surface area contributed by atoms with E-state index >= 15 is 0 Å². The summed E-state index contributed by atoms with van der Waals surface area (Å²) in [7, 11) is 0. The molecule has 86 valence electrons. The van der Waals surface area contributed by atoms with Gasteiger partial charge in [0, 0.05) is 0 Å². The van der Waals surface area contributed by atoms with Gasteiger partial charge in [0.25, 0.3) is 5.91 Å². The average molecular weight is 262 g/mol. The van der Waals surface area contributed by atoms with Crippen molar-refractivity contribution >= 4 is 35.1 Å². The number of hydrogen-bond donors (Lipinski definition) is 2. The van der Waals surface area contributed by atoms with Crippen LogP contribution in [0.4, 0.5) is 0 Å². The number of carboxylic acids is 1. The van der Waals surface area contributed by atoms with Crippen LogP contribution >= 0.6 is 23.2 Å². The van der Waals surface area contributed by atoms with Gasteiger partial charge in [0.1, 0.15) is 6.04 Å². The van der Waals surface area contributed by atoms with Gasteiger partial charge < -0.3 is 10.4 Å². The average Bonchev–Trinajstić information content (AvgIpc) is 2.21. The fourth-order valence-corrected chi connectivity index (χ4v) is 1.40. The molecule has 0 aromatic heterocycles. The number of carboxylic acid groups (broad SMARTS) is 1. The molecule has 4 nitrogen and oxygen atoms in total. The molecule has 0 spiro atoms. The summed E-state index contributed by atoms with van der Waals surface area (Å²) in [6.07, 6.45) is 0. The fourth-order valence-electron chi connectivity index (χ4n) is 1.02. The molecule has 2 N–H and O–H groups in total. The summed E-state index contributed by atoms with van der Waals surface area (Å²) in [5, 5.41) is 11.3. The molecule has 6 heteroatoms. The summed E-state index contributed by atoms with van der Waals surface area (Å²) in [6.45, 7) is 1.36. The number of benzene rings is 1. The first-order valence-corrected chi connectivity index (χ1v) is 5.16. The van der Waals surface area contributed by atoms with Crippen LogP contribution in [0.15, 0.2) is 18.2 Å². The van der Waals surface area contributed by atoms with Gasteiger partial charge in [-0.05, 0) is 19.1 Å². The van der Waals surface area contributed by atoms with Crippen LogP contribution in [0.1, 0.15) is 17.3 Å². The first-order chi connectivity index (χ1) is 7.43. The van der Waals surface area contributed by atoms with E-state index in [9.17, 15) is 9.59 Å². The molecule has 0 bridgehead atoms. The number of carbonyl (C=O) groups is 2. The van der Waals surface area contributed by atoms with E-state index in [-0.39, 0.29) is 15.6 Å². The molecular weight excluding hydrogens is 253 g/mol. The third-order valence-corrected chi connectivity index (χ3v) is 2.73. The summed E-state index contributed by atoms with van der Waals surface area (Å²) >= 11 is 11.5. The highest BCUT2D eigenvalue weighted by Crippen LogP contribution is 2.25. The molecule has 1 rings (SSSR count). The summed E-state index contributed by atoms with van der Waals surface area (Å²) < 4.78 is 0. The second-order valence-electron chi connectivity index (χ2n) is 3.13. The first-order valence-electron chi connectivity index (χ1n) is 4.41. The predicted molar refractivity (Wildman–Crippen MR) is 61.0 cm³/mol. The van der Waals surface area contributed by atoms with Gasteiger partial charge >= 0.3 is 5.97 Å². The Kier molecular flexibility index (Phi) is 4.15. The van der Waals surface area contributed by atoms with Crippen LogP contribution in [0.3, 0.4) is 0 Å². The highest BCUT2D eigenvalue weighted by Gasteiger charge is 2.18. The van der Waals surface area contributed by atoms with Crippen LogP contribution in [0.25, 0.3) is 0 Å². The van der Waals surface area contributed by atoms with Crippen LogP contribution in [0.2, 0.25) is 10.0 Å². The van der Waals surface area contributed by atoms with Crippen molar-refractivity contribution in [2.45, 2.75) is 13.0 Å². The van der Waals surface area contributed by atoms with Gasteiger partial charge in [-0.3, -0.25) is 9.59 Å². The van der Waals surface area contributed by atoms with Crippen LogP contribution in [0, 0.1) is 0 Å². The highest BCUT2D eigenvalue weighted by atomic mass is 35.5. The van der Waals surface area contributed by atoms with Crippen molar-refractivity contribution in [2.24, 2.45) is 0 Å². The Labute approximate surface area is 102 Å². The van der Waals surface area contributed by atoms with Crippen molar-refractivity contribution < 1.29 is 14.7 Å². The van der Waals surface area contributed by atoms with Gasteiger partial charge in [-0.15, -0.1) is 0 Å². The van der Waals surface area contributed by atoms with E-state index in [1.165, 1.54) is 13.0 Å². The van der Waals surface area contributed by atoms with Crippen molar-refractivity contribution in [3.63, 3.8) is 0 Å². The Balaban J connectivity index is 2.89. The van der Waals surface area contributed by atoms with E-state index in [1.807, 2.05) is 0 Å². The van der Waals surface area contributed by atoms with Gasteiger partial charge in [-0.1, -0.05) is 29.3 Å². The van der Waals surface area contributed by atoms with Gasteiger partial charge in [-0.25, -0.2) is 0 Å². The second kappa shape index (κ2) is 5.18. The number of nitrogens with one attached hydrogen (secondary N) is 1. The van der Waals surface area contributed by atoms with Gasteiger partial charge in [0.15, 0.2) is 0 Å². The number of halogens is 2. The van der Waals surface area contributed by atoms with E-state index < -0.39 is 17.9 Å². The predicted octanol–water partition coefficient (Wildman–Crippen LogP) is 2.20. The van der Waals surface area contributed by atoms with Gasteiger partial charge in [-0.2, -0.15) is 0 Å². The lowest BCUT2D eigenvalue weighted by molar-refractivity contribution is -0.138. The minimum absolute atomic E-state index is 0.110. The summed E-state index contributed by atoms with van der Waals surface area (Å²) in [5.41, 5.74) is 0.155. The lowest BCUT2D eigenvalue weighted by atomic mass is 10.2. The van der Waals surface area contributed by atoms with Crippen LogP contribution in [-0.2, 0) is 4.79 Å². The van der Waals surface area contributed by atoms with E-state index in [0.29, 0.717) is 0 Å². The Morgan fingerprint density at radius 2 is 2.00 bits per heavy atom. The summed E-state index contributed by atoms with van der Waals surface area (Å²) in [6, 6.07) is 3.59. The van der Waals surface area contributed by atoms with E-state index in [4.69, 9.17) is 28.3 Å². The molecule has 1 unspecified atom stereocenters. The number of aliphatic carboxylic acids is 1. The SMILES string of the molecule is CC(NC(=O)c1cccc(Cl)c1Cl)C(=O)O. The Morgan fingerprint density at radius 1 is 1.38 bits per heavy atom. The Bertz CT molecular complexity index is 434. The molecule has 0 radical (unpaired) electrons. The third-order valence-electron chi connectivity index (χ3n) is 1.91. The first kappa shape index (κ1) is 12.8. The van der Waals surface area contributed by atoms with Crippen molar-refractivity contribution in [3.05, 3.63) is 33.8 Å². The summed E-state index contributed by atoms with van der Waals surface area (Å²) in [4.78, 5) is 22.2. The lowest BCUT2D eigenvalue weighted by Gasteiger charge is -2.10. The van der Waals surface area contributed by atoms with Gasteiger partial charge in [0.05, 0.1) is 15.6 Å². The molecule has 0 fully saturated rings. The standard InChI is InChI=1S/C10H9Cl2NO3/c1-5(10(15)16)13-9(14)6-3-2-4-7(11)8(6)12/h2-5H,1H3,(H,13,14)(H,15,16). The molecule has 0 aliphatic rings. The lowest BCUT2D eigenvalue weighted by Crippen LogP contribution is -2.38. The number of carbonyl (C=O) groups excluding carboxylic acids is 1. The normalized spacial score (nSPS) is 11.9. The van der Waals surface area contributed by atoms with Crippen molar-refractivity contribution in [3.8, 4) is 0 Å². The van der Waals surface area contributed by atoms with Gasteiger partial charge in [0.2, 0.25) is 0 Å². The fraction of sp³-hybridized carbons (Fsp3) is 0.200. The zero-order valence-corrected chi connectivity index (χ0v) is 9.84. The minimum Gasteiger partial charge on any atom is -0.480 e. The van der Waals surface area contributed by atoms with Crippen molar-refractivity contribution in [1.82, 2.24) is 5.32 Å². The van der Waals surface area contributed by atoms with Crippen LogP contribution in [-0.4, -0.2) is 23.0 Å². The number of hydrogen-bond acceptors (Lipinski definition) is 2. The van der Waals surface area contributed by atoms with Crippen molar-refractivity contribution in [2.75, 3.05) is 0 Å². The molecule has 0 saturated heterocycles. The third kappa shape index (κ3) is 2.87. The quantitative estimate of drug-likeness (QED) is 0.877. The number of rotatable bonds is 3. The highest BCUT2D eigenvalue weighted by molar-refractivity contribution is 6.43. The maximum atomic E-state index is 11.6. The number of amides is 1. The zero-order valence-electron chi connectivity index (χ0n) is 8.33. The van der Waals surface area contributed by atoms with E-state index in [2.05, 4.69) is 5.32 Å². The van der Waals surface area contributed by atoms with Crippen molar-refractivity contribution in [1.29, 1.82) is 0 Å². The molecule has 0 aliphatic carbocycles. The largest absolute Gasteiger partial charge is 0.480 e. The molecule has 1 atom stereocenters. The maximum absolute atomic E-state index is 11.6. The smallest absolute Gasteiger partial charge is 0.325 e. The molecule has 0 aliphatic heterocycles. The minimum atomic E-state index is -1.12. The zero-order chi connectivity index (χ0) is 12.3. The molecule has 1 aromatic rings. The van der Waals surface area contributed by atoms with Crippen LogP contribution in [0.5, 0.6) is 0 Å². The topological polar surface area (TPSA) is 66.4 Å². The second-order valence-corrected chi connectivity index (χ2v) is 3.92. The summed E-state index contributed by atoms with van der Waals surface area (Å²) in [5.74, 6) is -1.69. The molecule has 1 amide bonds. The Morgan fingerprint density at radius 3 is 2.56 bits per heavy atom. The molecule has 1 aromatic carbocycles. The van der Waals surface area contributed by atoms with E-state index in [0.717, 1.165) is 0 Å². The maximum Gasteiger partial charge on any atom is 0.325 e. The molecule has 16 heavy (non-hydrogen) atoms. The van der Waals surface area contributed by atoms with E-state index in [1.54, 1.807) is 12.1 Å².